The lowest BCUT2D eigenvalue weighted by Gasteiger charge is -2.35. The Hall–Kier alpha value is -5.24. The van der Waals surface area contributed by atoms with Crippen LogP contribution in [0, 0.1) is 0 Å². The summed E-state index contributed by atoms with van der Waals surface area (Å²) in [6.45, 7) is 12.4. The summed E-state index contributed by atoms with van der Waals surface area (Å²) in [5.74, 6) is 0.250. The summed E-state index contributed by atoms with van der Waals surface area (Å²) >= 11 is 0. The zero-order valence-corrected chi connectivity index (χ0v) is 28.3. The van der Waals surface area contributed by atoms with Crippen LogP contribution in [0.5, 0.6) is 23.0 Å². The van der Waals surface area contributed by atoms with E-state index in [0.717, 1.165) is 17.7 Å². The third kappa shape index (κ3) is 5.45. The van der Waals surface area contributed by atoms with Gasteiger partial charge >= 0.3 is 0 Å². The van der Waals surface area contributed by atoms with Gasteiger partial charge in [-0.05, 0) is 104 Å². The summed E-state index contributed by atoms with van der Waals surface area (Å²) in [6, 6.07) is 24.4. The number of amides is 4. The van der Waals surface area contributed by atoms with E-state index in [9.17, 15) is 19.2 Å². The van der Waals surface area contributed by atoms with Crippen LogP contribution >= 0.6 is 0 Å². The highest BCUT2D eigenvalue weighted by molar-refractivity contribution is 6.34. The molecule has 8 nitrogen and oxygen atoms in total. The highest BCUT2D eigenvalue weighted by Crippen LogP contribution is 2.38. The van der Waals surface area contributed by atoms with Crippen molar-refractivity contribution in [3.8, 4) is 23.0 Å². The molecule has 8 heteroatoms. The van der Waals surface area contributed by atoms with E-state index in [0.29, 0.717) is 47.1 Å². The van der Waals surface area contributed by atoms with Crippen LogP contribution in [0.3, 0.4) is 0 Å². The van der Waals surface area contributed by atoms with Gasteiger partial charge in [0.25, 0.3) is 23.6 Å². The second-order valence-corrected chi connectivity index (χ2v) is 13.0. The summed E-state index contributed by atoms with van der Waals surface area (Å²) in [4.78, 5) is 56.1. The van der Waals surface area contributed by atoms with E-state index >= 15 is 0 Å². The first kappa shape index (κ1) is 32.7. The lowest BCUT2D eigenvalue weighted by molar-refractivity contribution is 0.0434. The first-order valence-corrected chi connectivity index (χ1v) is 16.6. The van der Waals surface area contributed by atoms with Crippen molar-refractivity contribution >= 4 is 29.3 Å². The van der Waals surface area contributed by atoms with E-state index in [2.05, 4.69) is 26.8 Å². The van der Waals surface area contributed by atoms with Crippen LogP contribution in [-0.4, -0.2) is 34.1 Å². The van der Waals surface area contributed by atoms with Crippen molar-refractivity contribution in [2.75, 3.05) is 4.90 Å². The molecular formula is C40H40N2O6. The van der Waals surface area contributed by atoms with Crippen LogP contribution in [0.2, 0.25) is 0 Å². The minimum atomic E-state index is -0.588. The predicted molar refractivity (Wildman–Crippen MR) is 184 cm³/mol. The number of carbonyl (C=O) groups is 4. The quantitative estimate of drug-likeness (QED) is 0.151. The van der Waals surface area contributed by atoms with Crippen LogP contribution < -0.4 is 14.4 Å². The molecule has 0 radical (unpaired) electrons. The smallest absolute Gasteiger partial charge is 0.266 e. The van der Waals surface area contributed by atoms with Crippen molar-refractivity contribution in [1.82, 2.24) is 4.90 Å². The van der Waals surface area contributed by atoms with Crippen LogP contribution in [0.4, 0.5) is 5.69 Å². The minimum Gasteiger partial charge on any atom is -0.457 e. The minimum absolute atomic E-state index is 0.0353. The molecule has 0 spiro atoms. The fourth-order valence-corrected chi connectivity index (χ4v) is 6.41. The lowest BCUT2D eigenvalue weighted by atomic mass is 9.78. The second-order valence-electron chi connectivity index (χ2n) is 13.0. The topological polar surface area (TPSA) is 93.2 Å². The highest BCUT2D eigenvalue weighted by atomic mass is 16.5. The van der Waals surface area contributed by atoms with Gasteiger partial charge in [0.2, 0.25) is 0 Å². The molecule has 0 saturated heterocycles. The monoisotopic (exact) mass is 644 g/mol. The molecule has 0 saturated carbocycles. The molecule has 246 valence electrons. The molecule has 0 unspecified atom stereocenters. The number of nitrogens with zero attached hydrogens (tertiary/aromatic N) is 2. The van der Waals surface area contributed by atoms with Gasteiger partial charge in [0.1, 0.15) is 23.0 Å². The standard InChI is InChI=1S/C40H40N2O6/c1-7-39(5,8-2)25-13-11-15-27(21-25)47-28-16-12-14-26(22-28)41-35(43)31-19-17-29(23-33(31)36(41)44)48-30-18-20-32-34(24-30)38(46)42(37(32)45)40(6,9-3)10-4/h11-24H,7-10H2,1-6H3. The Balaban J connectivity index is 1.21. The van der Waals surface area contributed by atoms with Gasteiger partial charge in [-0.1, -0.05) is 52.8 Å². The molecule has 4 amide bonds. The molecule has 2 aliphatic rings. The van der Waals surface area contributed by atoms with Crippen molar-refractivity contribution in [3.63, 3.8) is 0 Å². The summed E-state index contributed by atoms with van der Waals surface area (Å²) in [5.41, 5.74) is 2.11. The number of hydrogen-bond acceptors (Lipinski definition) is 6. The number of fused-ring (bicyclic) bond motifs is 2. The molecule has 2 heterocycles. The molecule has 0 aromatic heterocycles. The average Bonchev–Trinajstić information content (AvgIpc) is 3.51. The Kier molecular flexibility index (Phi) is 8.45. The van der Waals surface area contributed by atoms with E-state index in [4.69, 9.17) is 9.47 Å². The Morgan fingerprint density at radius 3 is 1.58 bits per heavy atom. The molecule has 0 bridgehead atoms. The number of imide groups is 2. The van der Waals surface area contributed by atoms with E-state index < -0.39 is 17.4 Å². The number of ether oxygens (including phenoxy) is 2. The van der Waals surface area contributed by atoms with Crippen LogP contribution in [0.15, 0.2) is 84.9 Å². The van der Waals surface area contributed by atoms with Gasteiger partial charge in [-0.2, -0.15) is 0 Å². The van der Waals surface area contributed by atoms with E-state index in [1.54, 1.807) is 54.6 Å². The Labute approximate surface area is 281 Å². The maximum Gasteiger partial charge on any atom is 0.266 e. The maximum absolute atomic E-state index is 13.6. The summed E-state index contributed by atoms with van der Waals surface area (Å²) in [6.07, 6.45) is 3.28. The van der Waals surface area contributed by atoms with Gasteiger partial charge in [0, 0.05) is 11.6 Å². The van der Waals surface area contributed by atoms with Gasteiger partial charge < -0.3 is 9.47 Å². The number of rotatable bonds is 11. The molecule has 0 aliphatic carbocycles. The van der Waals surface area contributed by atoms with Crippen molar-refractivity contribution in [2.45, 2.75) is 78.2 Å². The molecule has 48 heavy (non-hydrogen) atoms. The largest absolute Gasteiger partial charge is 0.457 e. The van der Waals surface area contributed by atoms with Crippen molar-refractivity contribution in [2.24, 2.45) is 0 Å². The fraction of sp³-hybridized carbons (Fsp3) is 0.300. The van der Waals surface area contributed by atoms with Gasteiger partial charge in [0.15, 0.2) is 0 Å². The number of benzene rings is 4. The molecular weight excluding hydrogens is 604 g/mol. The molecule has 0 N–H and O–H groups in total. The fourth-order valence-electron chi connectivity index (χ4n) is 6.41. The average molecular weight is 645 g/mol. The van der Waals surface area contributed by atoms with E-state index in [1.165, 1.54) is 16.5 Å². The number of anilines is 1. The predicted octanol–water partition coefficient (Wildman–Crippen LogP) is 9.32. The third-order valence-electron chi connectivity index (χ3n) is 10.4. The van der Waals surface area contributed by atoms with Crippen molar-refractivity contribution < 1.29 is 28.7 Å². The van der Waals surface area contributed by atoms with E-state index in [1.807, 2.05) is 39.0 Å². The summed E-state index contributed by atoms with van der Waals surface area (Å²) < 4.78 is 12.3. The Bertz CT molecular complexity index is 1960. The van der Waals surface area contributed by atoms with Gasteiger partial charge in [-0.15, -0.1) is 0 Å². The van der Waals surface area contributed by atoms with E-state index in [-0.39, 0.29) is 33.9 Å². The zero-order valence-electron chi connectivity index (χ0n) is 28.3. The number of hydrogen-bond donors (Lipinski definition) is 0. The molecule has 4 aromatic rings. The van der Waals surface area contributed by atoms with Gasteiger partial charge in [-0.3, -0.25) is 24.1 Å². The first-order valence-electron chi connectivity index (χ1n) is 16.6. The first-order chi connectivity index (χ1) is 23.0. The van der Waals surface area contributed by atoms with Crippen LogP contribution in [0.25, 0.3) is 0 Å². The highest BCUT2D eigenvalue weighted by Gasteiger charge is 2.45. The summed E-state index contributed by atoms with van der Waals surface area (Å²) in [7, 11) is 0. The molecule has 6 rings (SSSR count). The second kappa shape index (κ2) is 12.4. The lowest BCUT2D eigenvalue weighted by Crippen LogP contribution is -2.48. The maximum atomic E-state index is 13.6. The third-order valence-corrected chi connectivity index (χ3v) is 10.4. The molecule has 0 fully saturated rings. The molecule has 4 aromatic carbocycles. The zero-order chi connectivity index (χ0) is 34.4. The SMILES string of the molecule is CCC(C)(CC)c1cccc(Oc2cccc(N3C(=O)c4ccc(Oc5ccc6c(c5)C(=O)N(C(C)(CC)CC)C6=O)cc4C3=O)c2)c1. The normalized spacial score (nSPS) is 14.5. The molecule has 2 aliphatic heterocycles. The van der Waals surface area contributed by atoms with Crippen LogP contribution in [-0.2, 0) is 5.41 Å². The summed E-state index contributed by atoms with van der Waals surface area (Å²) in [5, 5.41) is 0. The van der Waals surface area contributed by atoms with Gasteiger partial charge in [-0.25, -0.2) is 4.90 Å². The van der Waals surface area contributed by atoms with Gasteiger partial charge in [0.05, 0.1) is 27.9 Å². The number of carbonyl (C=O) groups excluding carboxylic acids is 4. The Morgan fingerprint density at radius 1 is 0.521 bits per heavy atom. The molecule has 0 atom stereocenters. The van der Waals surface area contributed by atoms with Crippen molar-refractivity contribution in [3.05, 3.63) is 113 Å². The van der Waals surface area contributed by atoms with Crippen molar-refractivity contribution in [1.29, 1.82) is 0 Å². The Morgan fingerprint density at radius 2 is 1.00 bits per heavy atom. The van der Waals surface area contributed by atoms with Crippen LogP contribution in [0.1, 0.15) is 114 Å².